The molecule has 0 aliphatic carbocycles. The molecule has 0 spiro atoms. The highest BCUT2D eigenvalue weighted by molar-refractivity contribution is 9.10. The molecule has 0 aliphatic rings. The van der Waals surface area contributed by atoms with Crippen molar-refractivity contribution >= 4 is 15.9 Å². The van der Waals surface area contributed by atoms with Gasteiger partial charge in [0, 0.05) is 10.5 Å². The van der Waals surface area contributed by atoms with Crippen LogP contribution in [-0.2, 0) is 0 Å². The van der Waals surface area contributed by atoms with Crippen molar-refractivity contribution < 1.29 is 0 Å². The molecule has 0 aliphatic heterocycles. The van der Waals surface area contributed by atoms with Crippen LogP contribution in [0.1, 0.15) is 38.2 Å². The lowest BCUT2D eigenvalue weighted by molar-refractivity contribution is 0.439. The molecule has 1 nitrogen and oxygen atoms in total. The van der Waals surface area contributed by atoms with Crippen LogP contribution >= 0.6 is 15.9 Å². The Bertz CT molecular complexity index is 294. The lowest BCUT2D eigenvalue weighted by Crippen LogP contribution is -2.31. The summed E-state index contributed by atoms with van der Waals surface area (Å²) in [5, 5.41) is 3.41. The average molecular weight is 270 g/mol. The second-order valence-electron chi connectivity index (χ2n) is 3.87. The molecular weight excluding hydrogens is 250 g/mol. The van der Waals surface area contributed by atoms with Gasteiger partial charge in [-0.25, -0.2) is 0 Å². The van der Waals surface area contributed by atoms with Crippen molar-refractivity contribution in [2.75, 3.05) is 7.05 Å². The molecule has 1 N–H and O–H groups in total. The predicted molar refractivity (Wildman–Crippen MR) is 70.3 cm³/mol. The lowest BCUT2D eigenvalue weighted by Gasteiger charge is -2.25. The smallest absolute Gasteiger partial charge is 0.0178 e. The zero-order chi connectivity index (χ0) is 11.3. The molecular formula is C13H20BrN. The molecule has 2 unspecified atom stereocenters. The topological polar surface area (TPSA) is 12.0 Å². The molecule has 84 valence electrons. The maximum absolute atomic E-state index is 3.53. The van der Waals surface area contributed by atoms with Gasteiger partial charge < -0.3 is 5.32 Å². The van der Waals surface area contributed by atoms with E-state index >= 15 is 0 Å². The van der Waals surface area contributed by atoms with E-state index in [9.17, 15) is 0 Å². The van der Waals surface area contributed by atoms with Gasteiger partial charge in [-0.3, -0.25) is 0 Å². The second-order valence-corrected chi connectivity index (χ2v) is 4.79. The van der Waals surface area contributed by atoms with E-state index in [1.54, 1.807) is 0 Å². The number of likely N-dealkylation sites (N-methyl/N-ethyl adjacent to an activating group) is 1. The third-order valence-corrected chi connectivity index (χ3v) is 3.51. The molecule has 15 heavy (non-hydrogen) atoms. The van der Waals surface area contributed by atoms with Crippen molar-refractivity contribution in [3.8, 4) is 0 Å². The fourth-order valence-electron chi connectivity index (χ4n) is 2.18. The van der Waals surface area contributed by atoms with Gasteiger partial charge in [0.15, 0.2) is 0 Å². The van der Waals surface area contributed by atoms with Gasteiger partial charge in [0.1, 0.15) is 0 Å². The molecule has 0 amide bonds. The Hall–Kier alpha value is -0.340. The van der Waals surface area contributed by atoms with Gasteiger partial charge in [-0.2, -0.15) is 0 Å². The Labute approximate surface area is 101 Å². The van der Waals surface area contributed by atoms with Crippen molar-refractivity contribution in [3.05, 3.63) is 34.3 Å². The van der Waals surface area contributed by atoms with Crippen molar-refractivity contribution in [2.24, 2.45) is 0 Å². The molecule has 0 heterocycles. The SMILES string of the molecule is CCC(NC)C(CC)c1cccc(Br)c1. The summed E-state index contributed by atoms with van der Waals surface area (Å²) in [6.45, 7) is 4.49. The fourth-order valence-corrected chi connectivity index (χ4v) is 2.60. The first kappa shape index (κ1) is 12.7. The van der Waals surface area contributed by atoms with E-state index in [2.05, 4.69) is 66.4 Å². The van der Waals surface area contributed by atoms with Crippen LogP contribution in [0.3, 0.4) is 0 Å². The van der Waals surface area contributed by atoms with Crippen LogP contribution in [0, 0.1) is 0 Å². The molecule has 0 fully saturated rings. The zero-order valence-corrected chi connectivity index (χ0v) is 11.3. The largest absolute Gasteiger partial charge is 0.316 e. The summed E-state index contributed by atoms with van der Waals surface area (Å²) in [5.41, 5.74) is 1.42. The van der Waals surface area contributed by atoms with Gasteiger partial charge in [0.2, 0.25) is 0 Å². The number of benzene rings is 1. The van der Waals surface area contributed by atoms with Crippen LogP contribution in [0.4, 0.5) is 0 Å². The maximum Gasteiger partial charge on any atom is 0.0178 e. The monoisotopic (exact) mass is 269 g/mol. The highest BCUT2D eigenvalue weighted by Gasteiger charge is 2.18. The van der Waals surface area contributed by atoms with Crippen LogP contribution < -0.4 is 5.32 Å². The highest BCUT2D eigenvalue weighted by atomic mass is 79.9. The van der Waals surface area contributed by atoms with Crippen molar-refractivity contribution in [1.29, 1.82) is 0 Å². The van der Waals surface area contributed by atoms with Crippen molar-refractivity contribution in [3.63, 3.8) is 0 Å². The summed E-state index contributed by atoms with van der Waals surface area (Å²) >= 11 is 3.53. The van der Waals surface area contributed by atoms with E-state index in [1.165, 1.54) is 22.9 Å². The Morgan fingerprint density at radius 3 is 2.47 bits per heavy atom. The van der Waals surface area contributed by atoms with Crippen LogP contribution in [-0.4, -0.2) is 13.1 Å². The summed E-state index contributed by atoms with van der Waals surface area (Å²) in [6.07, 6.45) is 2.34. The van der Waals surface area contributed by atoms with E-state index in [0.717, 1.165) is 0 Å². The molecule has 1 aromatic rings. The molecule has 1 rings (SSSR count). The number of rotatable bonds is 5. The van der Waals surface area contributed by atoms with Crippen LogP contribution in [0.25, 0.3) is 0 Å². The normalized spacial score (nSPS) is 14.9. The summed E-state index contributed by atoms with van der Waals surface area (Å²) in [4.78, 5) is 0. The van der Waals surface area contributed by atoms with E-state index in [0.29, 0.717) is 12.0 Å². The molecule has 0 aromatic heterocycles. The molecule has 2 heteroatoms. The Kier molecular flexibility index (Phi) is 5.34. The Morgan fingerprint density at radius 2 is 2.00 bits per heavy atom. The third-order valence-electron chi connectivity index (χ3n) is 3.01. The number of hydrogen-bond donors (Lipinski definition) is 1. The molecule has 2 atom stereocenters. The minimum atomic E-state index is 0.573. The number of nitrogens with one attached hydrogen (secondary N) is 1. The van der Waals surface area contributed by atoms with Gasteiger partial charge in [0.25, 0.3) is 0 Å². The molecule has 0 bridgehead atoms. The Morgan fingerprint density at radius 1 is 1.27 bits per heavy atom. The first-order chi connectivity index (χ1) is 7.22. The van der Waals surface area contributed by atoms with E-state index in [1.807, 2.05) is 0 Å². The van der Waals surface area contributed by atoms with Crippen LogP contribution in [0.15, 0.2) is 28.7 Å². The van der Waals surface area contributed by atoms with Gasteiger partial charge in [-0.15, -0.1) is 0 Å². The molecule has 0 radical (unpaired) electrons. The van der Waals surface area contributed by atoms with E-state index in [4.69, 9.17) is 0 Å². The van der Waals surface area contributed by atoms with Crippen molar-refractivity contribution in [2.45, 2.75) is 38.6 Å². The highest BCUT2D eigenvalue weighted by Crippen LogP contribution is 2.27. The minimum Gasteiger partial charge on any atom is -0.316 e. The van der Waals surface area contributed by atoms with Gasteiger partial charge >= 0.3 is 0 Å². The third kappa shape index (κ3) is 3.32. The molecule has 1 aromatic carbocycles. The number of hydrogen-bond acceptors (Lipinski definition) is 1. The van der Waals surface area contributed by atoms with Crippen LogP contribution in [0.5, 0.6) is 0 Å². The lowest BCUT2D eigenvalue weighted by atomic mass is 9.88. The standard InChI is InChI=1S/C13H20BrN/c1-4-12(13(5-2)15-3)10-7-6-8-11(14)9-10/h6-9,12-13,15H,4-5H2,1-3H3. The minimum absolute atomic E-state index is 0.573. The van der Waals surface area contributed by atoms with Gasteiger partial charge in [-0.1, -0.05) is 41.9 Å². The second kappa shape index (κ2) is 6.29. The summed E-state index contributed by atoms with van der Waals surface area (Å²) in [7, 11) is 2.05. The van der Waals surface area contributed by atoms with Gasteiger partial charge in [-0.05, 0) is 43.5 Å². The Balaban J connectivity index is 2.90. The average Bonchev–Trinajstić information content (AvgIpc) is 2.25. The summed E-state index contributed by atoms with van der Waals surface area (Å²) in [5.74, 6) is 0.609. The maximum atomic E-state index is 3.53. The van der Waals surface area contributed by atoms with Crippen molar-refractivity contribution in [1.82, 2.24) is 5.32 Å². The first-order valence-electron chi connectivity index (χ1n) is 5.65. The molecule has 0 saturated carbocycles. The predicted octanol–water partition coefficient (Wildman–Crippen LogP) is 3.94. The van der Waals surface area contributed by atoms with E-state index in [-0.39, 0.29) is 0 Å². The zero-order valence-electron chi connectivity index (χ0n) is 9.76. The summed E-state index contributed by atoms with van der Waals surface area (Å²) in [6, 6.07) is 9.22. The quantitative estimate of drug-likeness (QED) is 0.854. The van der Waals surface area contributed by atoms with E-state index < -0.39 is 0 Å². The first-order valence-corrected chi connectivity index (χ1v) is 6.44. The number of halogens is 1. The van der Waals surface area contributed by atoms with Gasteiger partial charge in [0.05, 0.1) is 0 Å². The van der Waals surface area contributed by atoms with Crippen LogP contribution in [0.2, 0.25) is 0 Å². The summed E-state index contributed by atoms with van der Waals surface area (Å²) < 4.78 is 1.17. The fraction of sp³-hybridized carbons (Fsp3) is 0.538. The molecule has 0 saturated heterocycles.